The fraction of sp³-hybridized carbons (Fsp3) is 0.0870. The van der Waals surface area contributed by atoms with Gasteiger partial charge in [-0.15, -0.1) is 0 Å². The zero-order valence-corrected chi connectivity index (χ0v) is 13.7. The summed E-state index contributed by atoms with van der Waals surface area (Å²) in [5, 5.41) is 8.90. The SMILES string of the molecule is C/C(=C/Cc1cccc(-c2ccc(C#N)cc2)c1)c1ccccc1. The molecule has 1 heteroatoms. The Morgan fingerprint density at radius 2 is 1.62 bits per heavy atom. The second-order valence-corrected chi connectivity index (χ2v) is 5.85. The predicted octanol–water partition coefficient (Wildman–Crippen LogP) is 5.87. The lowest BCUT2D eigenvalue weighted by Crippen LogP contribution is -1.86. The molecule has 24 heavy (non-hydrogen) atoms. The quantitative estimate of drug-likeness (QED) is 0.591. The maximum absolute atomic E-state index is 8.90. The van der Waals surface area contributed by atoms with E-state index in [0.717, 1.165) is 12.0 Å². The maximum atomic E-state index is 8.90. The molecule has 0 N–H and O–H groups in total. The molecule has 0 aromatic heterocycles. The fourth-order valence-electron chi connectivity index (χ4n) is 2.70. The molecule has 0 aliphatic heterocycles. The second kappa shape index (κ2) is 7.44. The lowest BCUT2D eigenvalue weighted by molar-refractivity contribution is 1.27. The predicted molar refractivity (Wildman–Crippen MR) is 100 cm³/mol. The van der Waals surface area contributed by atoms with Gasteiger partial charge in [0.15, 0.2) is 0 Å². The Morgan fingerprint density at radius 1 is 0.875 bits per heavy atom. The molecule has 3 aromatic carbocycles. The normalized spacial score (nSPS) is 11.1. The highest BCUT2D eigenvalue weighted by atomic mass is 14.2. The Kier molecular flexibility index (Phi) is 4.89. The summed E-state index contributed by atoms with van der Waals surface area (Å²) in [7, 11) is 0. The van der Waals surface area contributed by atoms with E-state index in [0.29, 0.717) is 5.56 Å². The van der Waals surface area contributed by atoms with E-state index in [1.165, 1.54) is 22.3 Å². The van der Waals surface area contributed by atoms with Gasteiger partial charge >= 0.3 is 0 Å². The van der Waals surface area contributed by atoms with Gasteiger partial charge in [-0.2, -0.15) is 5.26 Å². The van der Waals surface area contributed by atoms with Gasteiger partial charge in [-0.05, 0) is 53.3 Å². The lowest BCUT2D eigenvalue weighted by atomic mass is 9.99. The number of hydrogen-bond acceptors (Lipinski definition) is 1. The first-order valence-electron chi connectivity index (χ1n) is 8.08. The number of rotatable bonds is 4. The summed E-state index contributed by atoms with van der Waals surface area (Å²) in [5.41, 5.74) is 6.85. The second-order valence-electron chi connectivity index (χ2n) is 5.85. The molecule has 0 bridgehead atoms. The van der Waals surface area contributed by atoms with E-state index in [1.807, 2.05) is 30.3 Å². The highest BCUT2D eigenvalue weighted by Crippen LogP contribution is 2.22. The average Bonchev–Trinajstić information content (AvgIpc) is 2.67. The number of hydrogen-bond donors (Lipinski definition) is 0. The molecule has 116 valence electrons. The Balaban J connectivity index is 1.79. The van der Waals surface area contributed by atoms with Crippen LogP contribution in [0.2, 0.25) is 0 Å². The largest absolute Gasteiger partial charge is 0.192 e. The van der Waals surface area contributed by atoms with Crippen LogP contribution in [-0.4, -0.2) is 0 Å². The molecular formula is C23H19N. The average molecular weight is 309 g/mol. The van der Waals surface area contributed by atoms with E-state index < -0.39 is 0 Å². The van der Waals surface area contributed by atoms with E-state index >= 15 is 0 Å². The monoisotopic (exact) mass is 309 g/mol. The van der Waals surface area contributed by atoms with Crippen LogP contribution in [0.1, 0.15) is 23.6 Å². The molecule has 0 radical (unpaired) electrons. The van der Waals surface area contributed by atoms with Crippen LogP contribution in [0.4, 0.5) is 0 Å². The molecule has 0 fully saturated rings. The van der Waals surface area contributed by atoms with Gasteiger partial charge in [0.05, 0.1) is 11.6 Å². The van der Waals surface area contributed by atoms with Gasteiger partial charge < -0.3 is 0 Å². The van der Waals surface area contributed by atoms with E-state index in [9.17, 15) is 0 Å². The maximum Gasteiger partial charge on any atom is 0.0991 e. The molecular weight excluding hydrogens is 290 g/mol. The summed E-state index contributed by atoms with van der Waals surface area (Å²) in [6.07, 6.45) is 3.18. The van der Waals surface area contributed by atoms with Crippen LogP contribution in [0.15, 0.2) is 84.9 Å². The van der Waals surface area contributed by atoms with Crippen LogP contribution in [0.25, 0.3) is 16.7 Å². The van der Waals surface area contributed by atoms with Gasteiger partial charge in [0.1, 0.15) is 0 Å². The zero-order valence-electron chi connectivity index (χ0n) is 13.7. The topological polar surface area (TPSA) is 23.8 Å². The highest BCUT2D eigenvalue weighted by molar-refractivity contribution is 5.66. The molecule has 3 aromatic rings. The minimum absolute atomic E-state index is 0.691. The van der Waals surface area contributed by atoms with Crippen LogP contribution in [0.5, 0.6) is 0 Å². The zero-order chi connectivity index (χ0) is 16.8. The third kappa shape index (κ3) is 3.80. The summed E-state index contributed by atoms with van der Waals surface area (Å²) >= 11 is 0. The highest BCUT2D eigenvalue weighted by Gasteiger charge is 2.00. The molecule has 1 nitrogen and oxygen atoms in total. The van der Waals surface area contributed by atoms with Crippen LogP contribution >= 0.6 is 0 Å². The van der Waals surface area contributed by atoms with Crippen molar-refractivity contribution in [2.75, 3.05) is 0 Å². The number of benzene rings is 3. The van der Waals surface area contributed by atoms with Crippen molar-refractivity contribution in [3.8, 4) is 17.2 Å². The van der Waals surface area contributed by atoms with Gasteiger partial charge in [0.2, 0.25) is 0 Å². The Morgan fingerprint density at radius 3 is 2.33 bits per heavy atom. The standard InChI is InChI=1S/C23H19N/c1-18(21-7-3-2-4-8-21)10-11-19-6-5-9-23(16-19)22-14-12-20(17-24)13-15-22/h2-10,12-16H,11H2,1H3/b18-10-. The van der Waals surface area contributed by atoms with E-state index in [-0.39, 0.29) is 0 Å². The molecule has 0 heterocycles. The third-order valence-corrected chi connectivity index (χ3v) is 4.15. The Hall–Kier alpha value is -3.11. The van der Waals surface area contributed by atoms with Crippen LogP contribution in [0.3, 0.4) is 0 Å². The fourth-order valence-corrected chi connectivity index (χ4v) is 2.70. The van der Waals surface area contributed by atoms with Crippen molar-refractivity contribution in [2.24, 2.45) is 0 Å². The van der Waals surface area contributed by atoms with Gasteiger partial charge in [-0.3, -0.25) is 0 Å². The first-order chi connectivity index (χ1) is 11.8. The first kappa shape index (κ1) is 15.8. The summed E-state index contributed by atoms with van der Waals surface area (Å²) in [4.78, 5) is 0. The number of nitriles is 1. The van der Waals surface area contributed by atoms with Crippen molar-refractivity contribution in [1.82, 2.24) is 0 Å². The van der Waals surface area contributed by atoms with Gasteiger partial charge in [-0.25, -0.2) is 0 Å². The molecule has 0 aliphatic carbocycles. The Bertz CT molecular complexity index is 881. The molecule has 0 aliphatic rings. The van der Waals surface area contributed by atoms with Crippen LogP contribution in [0, 0.1) is 11.3 Å². The van der Waals surface area contributed by atoms with E-state index in [1.54, 1.807) is 0 Å². The van der Waals surface area contributed by atoms with Gasteiger partial charge in [0.25, 0.3) is 0 Å². The summed E-state index contributed by atoms with van der Waals surface area (Å²) in [5.74, 6) is 0. The molecule has 0 spiro atoms. The van der Waals surface area contributed by atoms with Gasteiger partial charge in [-0.1, -0.05) is 72.8 Å². The van der Waals surface area contributed by atoms with Crippen molar-refractivity contribution >= 4 is 5.57 Å². The molecule has 0 amide bonds. The molecule has 0 unspecified atom stereocenters. The van der Waals surface area contributed by atoms with Crippen molar-refractivity contribution in [3.63, 3.8) is 0 Å². The number of nitrogens with zero attached hydrogens (tertiary/aromatic N) is 1. The Labute approximate surface area is 143 Å². The van der Waals surface area contributed by atoms with Crippen molar-refractivity contribution < 1.29 is 0 Å². The van der Waals surface area contributed by atoms with Crippen LogP contribution in [-0.2, 0) is 6.42 Å². The van der Waals surface area contributed by atoms with Crippen molar-refractivity contribution in [1.29, 1.82) is 5.26 Å². The minimum atomic E-state index is 0.691. The minimum Gasteiger partial charge on any atom is -0.192 e. The third-order valence-electron chi connectivity index (χ3n) is 4.15. The van der Waals surface area contributed by atoms with E-state index in [4.69, 9.17) is 5.26 Å². The number of allylic oxidation sites excluding steroid dienone is 2. The smallest absolute Gasteiger partial charge is 0.0991 e. The molecule has 0 atom stereocenters. The van der Waals surface area contributed by atoms with Gasteiger partial charge in [0, 0.05) is 0 Å². The van der Waals surface area contributed by atoms with E-state index in [2.05, 4.69) is 67.6 Å². The lowest BCUT2D eigenvalue weighted by Gasteiger charge is -2.06. The first-order valence-corrected chi connectivity index (χ1v) is 8.08. The summed E-state index contributed by atoms with van der Waals surface area (Å²) in [6, 6.07) is 28.9. The van der Waals surface area contributed by atoms with Crippen molar-refractivity contribution in [3.05, 3.63) is 102 Å². The van der Waals surface area contributed by atoms with Crippen LogP contribution < -0.4 is 0 Å². The van der Waals surface area contributed by atoms with Crippen molar-refractivity contribution in [2.45, 2.75) is 13.3 Å². The summed E-state index contributed by atoms with van der Waals surface area (Å²) < 4.78 is 0. The molecule has 3 rings (SSSR count). The summed E-state index contributed by atoms with van der Waals surface area (Å²) in [6.45, 7) is 2.15. The molecule has 0 saturated heterocycles. The molecule has 0 saturated carbocycles.